The molecule has 1 atom stereocenters. The zero-order chi connectivity index (χ0) is 15.2. The highest BCUT2D eigenvalue weighted by atomic mass is 16.6. The summed E-state index contributed by atoms with van der Waals surface area (Å²) in [6.07, 6.45) is 3.39. The van der Waals surface area contributed by atoms with Crippen LogP contribution >= 0.6 is 0 Å². The van der Waals surface area contributed by atoms with Gasteiger partial charge in [0.05, 0.1) is 17.9 Å². The minimum absolute atomic E-state index is 0.0428. The third-order valence-corrected chi connectivity index (χ3v) is 4.23. The molecule has 1 N–H and O–H groups in total. The lowest BCUT2D eigenvalue weighted by Crippen LogP contribution is -2.33. The van der Waals surface area contributed by atoms with Crippen molar-refractivity contribution in [2.24, 2.45) is 11.8 Å². The van der Waals surface area contributed by atoms with Crippen molar-refractivity contribution in [1.82, 2.24) is 5.48 Å². The second kappa shape index (κ2) is 7.71. The maximum absolute atomic E-state index is 12.4. The maximum atomic E-state index is 12.4. The maximum Gasteiger partial charge on any atom is 0.168 e. The van der Waals surface area contributed by atoms with E-state index in [-0.39, 0.29) is 17.5 Å². The highest BCUT2D eigenvalue weighted by Crippen LogP contribution is 2.34. The van der Waals surface area contributed by atoms with E-state index in [1.165, 1.54) is 0 Å². The van der Waals surface area contributed by atoms with Crippen LogP contribution in [0.5, 0.6) is 0 Å². The van der Waals surface area contributed by atoms with Crippen LogP contribution in [0.15, 0.2) is 11.3 Å². The number of carbonyl (C=O) groups is 2. The first-order valence-corrected chi connectivity index (χ1v) is 7.92. The standard InChI is InChI=1S/C16H25NO4/c1-3-5-13(17-21-4-2)16-14(18)8-12(9-15(16)19)11-6-7-20-10-11/h11-12,17H,3-10H2,1-2H3. The molecule has 0 aromatic rings. The fourth-order valence-corrected chi connectivity index (χ4v) is 3.14. The van der Waals surface area contributed by atoms with E-state index in [1.807, 2.05) is 13.8 Å². The Bertz CT molecular complexity index is 404. The van der Waals surface area contributed by atoms with Crippen LogP contribution in [0.4, 0.5) is 0 Å². The summed E-state index contributed by atoms with van der Waals surface area (Å²) >= 11 is 0. The molecule has 1 unspecified atom stereocenters. The van der Waals surface area contributed by atoms with Crippen molar-refractivity contribution < 1.29 is 19.2 Å². The molecule has 1 aliphatic heterocycles. The number of nitrogens with one attached hydrogen (secondary N) is 1. The van der Waals surface area contributed by atoms with Gasteiger partial charge >= 0.3 is 0 Å². The molecule has 0 amide bonds. The Morgan fingerprint density at radius 1 is 1.24 bits per heavy atom. The molecule has 1 aliphatic carbocycles. The van der Waals surface area contributed by atoms with Crippen LogP contribution in [-0.2, 0) is 19.2 Å². The highest BCUT2D eigenvalue weighted by Gasteiger charge is 2.37. The summed E-state index contributed by atoms with van der Waals surface area (Å²) in [4.78, 5) is 30.1. The Kier molecular flexibility index (Phi) is 5.94. The van der Waals surface area contributed by atoms with Gasteiger partial charge in [-0.3, -0.25) is 19.9 Å². The molecule has 1 saturated carbocycles. The number of hydrogen-bond acceptors (Lipinski definition) is 5. The summed E-state index contributed by atoms with van der Waals surface area (Å²) in [7, 11) is 0. The Morgan fingerprint density at radius 3 is 2.48 bits per heavy atom. The van der Waals surface area contributed by atoms with Crippen molar-refractivity contribution >= 4 is 11.6 Å². The van der Waals surface area contributed by atoms with E-state index in [0.29, 0.717) is 49.7 Å². The van der Waals surface area contributed by atoms with Crippen molar-refractivity contribution in [2.45, 2.75) is 46.0 Å². The summed E-state index contributed by atoms with van der Waals surface area (Å²) in [5.41, 5.74) is 3.78. The number of carbonyl (C=O) groups excluding carboxylic acids is 2. The summed E-state index contributed by atoms with van der Waals surface area (Å²) < 4.78 is 5.38. The van der Waals surface area contributed by atoms with Gasteiger partial charge in [0.1, 0.15) is 0 Å². The second-order valence-corrected chi connectivity index (χ2v) is 5.78. The lowest BCUT2D eigenvalue weighted by molar-refractivity contribution is -0.126. The summed E-state index contributed by atoms with van der Waals surface area (Å²) in [5.74, 6) is 0.415. The highest BCUT2D eigenvalue weighted by molar-refractivity contribution is 6.22. The van der Waals surface area contributed by atoms with E-state index >= 15 is 0 Å². The Labute approximate surface area is 126 Å². The van der Waals surface area contributed by atoms with Gasteiger partial charge in [0.25, 0.3) is 0 Å². The van der Waals surface area contributed by atoms with Crippen LogP contribution in [-0.4, -0.2) is 31.4 Å². The first kappa shape index (κ1) is 16.2. The van der Waals surface area contributed by atoms with Gasteiger partial charge in [-0.15, -0.1) is 0 Å². The predicted molar refractivity (Wildman–Crippen MR) is 78.4 cm³/mol. The van der Waals surface area contributed by atoms with Gasteiger partial charge in [0, 0.05) is 26.1 Å². The van der Waals surface area contributed by atoms with Crippen molar-refractivity contribution in [3.8, 4) is 0 Å². The number of Topliss-reactive ketones (excluding diaryl/α,β-unsaturated/α-hetero) is 2. The van der Waals surface area contributed by atoms with Crippen LogP contribution in [0.25, 0.3) is 0 Å². The number of ether oxygens (including phenoxy) is 1. The number of hydrogen-bond donors (Lipinski definition) is 1. The van der Waals surface area contributed by atoms with E-state index < -0.39 is 0 Å². The third kappa shape index (κ3) is 3.92. The first-order valence-electron chi connectivity index (χ1n) is 7.92. The molecule has 5 heteroatoms. The van der Waals surface area contributed by atoms with Crippen molar-refractivity contribution in [3.05, 3.63) is 11.3 Å². The Hall–Kier alpha value is -1.20. The first-order chi connectivity index (χ1) is 10.2. The largest absolute Gasteiger partial charge is 0.381 e. The molecule has 2 rings (SSSR count). The molecule has 1 heterocycles. The molecule has 2 fully saturated rings. The summed E-state index contributed by atoms with van der Waals surface area (Å²) in [6, 6.07) is 0. The van der Waals surface area contributed by atoms with E-state index in [2.05, 4.69) is 5.48 Å². The topological polar surface area (TPSA) is 64.6 Å². The number of hydroxylamine groups is 1. The summed E-state index contributed by atoms with van der Waals surface area (Å²) in [5, 5.41) is 0. The van der Waals surface area contributed by atoms with Gasteiger partial charge in [-0.05, 0) is 31.6 Å². The van der Waals surface area contributed by atoms with Crippen LogP contribution in [0.3, 0.4) is 0 Å². The molecular weight excluding hydrogens is 270 g/mol. The van der Waals surface area contributed by atoms with Crippen LogP contribution in [0, 0.1) is 11.8 Å². The molecule has 118 valence electrons. The minimum Gasteiger partial charge on any atom is -0.381 e. The Balaban J connectivity index is 2.12. The predicted octanol–water partition coefficient (Wildman–Crippen LogP) is 2.17. The van der Waals surface area contributed by atoms with E-state index in [1.54, 1.807) is 0 Å². The van der Waals surface area contributed by atoms with Gasteiger partial charge in [0.2, 0.25) is 0 Å². The lowest BCUT2D eigenvalue weighted by Gasteiger charge is -2.27. The minimum atomic E-state index is -0.0428. The van der Waals surface area contributed by atoms with Gasteiger partial charge in [-0.1, -0.05) is 13.3 Å². The van der Waals surface area contributed by atoms with Gasteiger partial charge in [-0.25, -0.2) is 0 Å². The zero-order valence-corrected chi connectivity index (χ0v) is 12.9. The molecule has 1 saturated heterocycles. The molecule has 0 aromatic carbocycles. The van der Waals surface area contributed by atoms with Gasteiger partial charge < -0.3 is 4.74 Å². The van der Waals surface area contributed by atoms with Gasteiger partial charge in [0.15, 0.2) is 11.6 Å². The average Bonchev–Trinajstić information content (AvgIpc) is 2.98. The molecule has 21 heavy (non-hydrogen) atoms. The monoisotopic (exact) mass is 295 g/mol. The fourth-order valence-electron chi connectivity index (χ4n) is 3.14. The van der Waals surface area contributed by atoms with Gasteiger partial charge in [-0.2, -0.15) is 0 Å². The normalized spacial score (nSPS) is 26.3. The van der Waals surface area contributed by atoms with E-state index in [9.17, 15) is 9.59 Å². The van der Waals surface area contributed by atoms with E-state index in [0.717, 1.165) is 19.4 Å². The SMILES string of the molecule is CCCC(NOCC)=C1C(=O)CC(C2CCOC2)CC1=O. The number of rotatable bonds is 6. The van der Waals surface area contributed by atoms with Crippen molar-refractivity contribution in [2.75, 3.05) is 19.8 Å². The molecule has 2 aliphatic rings. The average molecular weight is 295 g/mol. The molecule has 0 bridgehead atoms. The van der Waals surface area contributed by atoms with Crippen molar-refractivity contribution in [1.29, 1.82) is 0 Å². The molecule has 0 radical (unpaired) electrons. The second-order valence-electron chi connectivity index (χ2n) is 5.78. The Morgan fingerprint density at radius 2 is 1.95 bits per heavy atom. The number of allylic oxidation sites excluding steroid dienone is 2. The molecule has 5 nitrogen and oxygen atoms in total. The zero-order valence-electron chi connectivity index (χ0n) is 12.9. The number of ketones is 2. The molecular formula is C16H25NO4. The smallest absolute Gasteiger partial charge is 0.168 e. The fraction of sp³-hybridized carbons (Fsp3) is 0.750. The third-order valence-electron chi connectivity index (χ3n) is 4.23. The molecule has 0 aromatic heterocycles. The quantitative estimate of drug-likeness (QED) is 0.462. The summed E-state index contributed by atoms with van der Waals surface area (Å²) in [6.45, 7) is 5.81. The lowest BCUT2D eigenvalue weighted by atomic mass is 9.76. The van der Waals surface area contributed by atoms with Crippen LogP contribution in [0.2, 0.25) is 0 Å². The van der Waals surface area contributed by atoms with Crippen LogP contribution < -0.4 is 5.48 Å². The van der Waals surface area contributed by atoms with Crippen molar-refractivity contribution in [3.63, 3.8) is 0 Å². The van der Waals surface area contributed by atoms with Crippen LogP contribution in [0.1, 0.15) is 46.0 Å². The molecule has 0 spiro atoms. The van der Waals surface area contributed by atoms with E-state index in [4.69, 9.17) is 9.57 Å².